The van der Waals surface area contributed by atoms with Crippen LogP contribution in [-0.2, 0) is 0 Å². The van der Waals surface area contributed by atoms with Crippen molar-refractivity contribution in [1.29, 1.82) is 0 Å². The van der Waals surface area contributed by atoms with Crippen LogP contribution < -0.4 is 4.74 Å². The molecule has 0 spiro atoms. The van der Waals surface area contributed by atoms with Crippen LogP contribution >= 0.6 is 0 Å². The molecular weight excluding hydrogens is 418 g/mol. The number of rotatable bonds is 7. The fraction of sp³-hybridized carbons (Fsp3) is 0.222. The summed E-state index contributed by atoms with van der Waals surface area (Å²) in [6.45, 7) is 3.80. The molecule has 4 aromatic rings. The molecule has 0 saturated carbocycles. The topological polar surface area (TPSA) is 83.1 Å². The predicted molar refractivity (Wildman–Crippen MR) is 126 cm³/mol. The number of phenolic OH excluding ortho intramolecular Hbond substituents is 2. The third-order valence-corrected chi connectivity index (χ3v) is 6.02. The van der Waals surface area contributed by atoms with Gasteiger partial charge in [0.15, 0.2) is 5.78 Å². The number of nitrogens with zero attached hydrogens (tertiary/aromatic N) is 1. The largest absolute Gasteiger partial charge is 0.508 e. The minimum Gasteiger partial charge on any atom is -0.508 e. The van der Waals surface area contributed by atoms with Gasteiger partial charge in [-0.2, -0.15) is 0 Å². The van der Waals surface area contributed by atoms with E-state index in [4.69, 9.17) is 9.15 Å². The number of carbonyl (C=O) groups excluding carboxylic acids is 1. The highest BCUT2D eigenvalue weighted by molar-refractivity contribution is 6.19. The highest BCUT2D eigenvalue weighted by Crippen LogP contribution is 2.37. The minimum absolute atomic E-state index is 0.0583. The summed E-state index contributed by atoms with van der Waals surface area (Å²) in [7, 11) is 0. The van der Waals surface area contributed by atoms with E-state index in [0.717, 1.165) is 25.4 Å². The van der Waals surface area contributed by atoms with E-state index in [2.05, 4.69) is 4.90 Å². The van der Waals surface area contributed by atoms with Crippen molar-refractivity contribution in [3.05, 3.63) is 77.9 Å². The number of benzene rings is 3. The highest BCUT2D eigenvalue weighted by atomic mass is 16.5. The molecular formula is C27H25NO5. The zero-order valence-electron chi connectivity index (χ0n) is 18.2. The summed E-state index contributed by atoms with van der Waals surface area (Å²) in [6, 6.07) is 18.3. The lowest BCUT2D eigenvalue weighted by molar-refractivity contribution is 0.104. The zero-order chi connectivity index (χ0) is 22.8. The fourth-order valence-corrected chi connectivity index (χ4v) is 4.27. The van der Waals surface area contributed by atoms with E-state index in [1.54, 1.807) is 42.5 Å². The van der Waals surface area contributed by atoms with Crippen LogP contribution in [0.5, 0.6) is 17.2 Å². The molecule has 2 heterocycles. The van der Waals surface area contributed by atoms with Gasteiger partial charge in [0.25, 0.3) is 0 Å². The van der Waals surface area contributed by atoms with Crippen molar-refractivity contribution in [2.75, 3.05) is 26.2 Å². The Balaban J connectivity index is 1.42. The Morgan fingerprint density at radius 1 is 0.909 bits per heavy atom. The molecule has 1 fully saturated rings. The molecule has 5 rings (SSSR count). The standard InChI is InChI=1S/C27H25NO5/c29-20-7-3-19(4-8-20)27-25(23-12-9-21(30)17-24(23)33-27)26(31)18-5-10-22(11-6-18)32-16-15-28-13-1-2-14-28/h3-12,17,29-30H,1-2,13-16H2. The summed E-state index contributed by atoms with van der Waals surface area (Å²) in [5.41, 5.74) is 2.01. The Kier molecular flexibility index (Phi) is 5.75. The number of likely N-dealkylation sites (tertiary alicyclic amines) is 1. The van der Waals surface area contributed by atoms with Crippen LogP contribution in [0.25, 0.3) is 22.3 Å². The second-order valence-corrected chi connectivity index (χ2v) is 8.28. The summed E-state index contributed by atoms with van der Waals surface area (Å²) in [4.78, 5) is 15.9. The molecule has 33 heavy (non-hydrogen) atoms. The first-order chi connectivity index (χ1) is 16.1. The second kappa shape index (κ2) is 9.00. The number of phenols is 2. The van der Waals surface area contributed by atoms with Gasteiger partial charge in [-0.15, -0.1) is 0 Å². The normalized spacial score (nSPS) is 14.1. The quantitative estimate of drug-likeness (QED) is 0.381. The van der Waals surface area contributed by atoms with Crippen LogP contribution in [-0.4, -0.2) is 47.1 Å². The van der Waals surface area contributed by atoms with E-state index in [1.807, 2.05) is 12.1 Å². The van der Waals surface area contributed by atoms with Gasteiger partial charge in [0.2, 0.25) is 0 Å². The Hall–Kier alpha value is -3.77. The monoisotopic (exact) mass is 443 g/mol. The van der Waals surface area contributed by atoms with Crippen LogP contribution in [0.3, 0.4) is 0 Å². The SMILES string of the molecule is O=C(c1ccc(OCCN2CCCC2)cc1)c1c(-c2ccc(O)cc2)oc2cc(O)ccc12. The summed E-state index contributed by atoms with van der Waals surface area (Å²) < 4.78 is 11.8. The fourth-order valence-electron chi connectivity index (χ4n) is 4.27. The van der Waals surface area contributed by atoms with Gasteiger partial charge in [-0.1, -0.05) is 0 Å². The molecule has 6 nitrogen and oxygen atoms in total. The Morgan fingerprint density at radius 2 is 1.61 bits per heavy atom. The molecule has 0 atom stereocenters. The van der Waals surface area contributed by atoms with Gasteiger partial charge in [0, 0.05) is 29.1 Å². The lowest BCUT2D eigenvalue weighted by Crippen LogP contribution is -2.25. The van der Waals surface area contributed by atoms with Crippen LogP contribution in [0.1, 0.15) is 28.8 Å². The Morgan fingerprint density at radius 3 is 2.33 bits per heavy atom. The van der Waals surface area contributed by atoms with Crippen molar-refractivity contribution in [1.82, 2.24) is 4.90 Å². The van der Waals surface area contributed by atoms with Crippen LogP contribution in [0.2, 0.25) is 0 Å². The van der Waals surface area contributed by atoms with Crippen LogP contribution in [0.4, 0.5) is 0 Å². The maximum absolute atomic E-state index is 13.5. The first-order valence-electron chi connectivity index (χ1n) is 11.1. The summed E-state index contributed by atoms with van der Waals surface area (Å²) in [5.74, 6) is 1.12. The van der Waals surface area contributed by atoms with Crippen molar-refractivity contribution in [2.24, 2.45) is 0 Å². The summed E-state index contributed by atoms with van der Waals surface area (Å²) >= 11 is 0. The third-order valence-electron chi connectivity index (χ3n) is 6.02. The van der Waals surface area contributed by atoms with Gasteiger partial charge in [-0.05, 0) is 86.6 Å². The number of carbonyl (C=O) groups is 1. The number of aromatic hydroxyl groups is 2. The number of furan rings is 1. The smallest absolute Gasteiger partial charge is 0.197 e. The molecule has 1 aliphatic rings. The molecule has 6 heteroatoms. The second-order valence-electron chi connectivity index (χ2n) is 8.28. The third kappa shape index (κ3) is 4.43. The van der Waals surface area contributed by atoms with Crippen molar-refractivity contribution in [2.45, 2.75) is 12.8 Å². The molecule has 0 radical (unpaired) electrons. The van der Waals surface area contributed by atoms with Gasteiger partial charge >= 0.3 is 0 Å². The number of ether oxygens (including phenoxy) is 1. The summed E-state index contributed by atoms with van der Waals surface area (Å²) in [5, 5.41) is 20.1. The average Bonchev–Trinajstić information content (AvgIpc) is 3.47. The predicted octanol–water partition coefficient (Wildman–Crippen LogP) is 5.22. The lowest BCUT2D eigenvalue weighted by Gasteiger charge is -2.15. The molecule has 0 bridgehead atoms. The molecule has 168 valence electrons. The van der Waals surface area contributed by atoms with E-state index in [0.29, 0.717) is 40.0 Å². The van der Waals surface area contributed by atoms with E-state index >= 15 is 0 Å². The summed E-state index contributed by atoms with van der Waals surface area (Å²) in [6.07, 6.45) is 2.51. The Bertz CT molecular complexity index is 1270. The van der Waals surface area contributed by atoms with E-state index in [-0.39, 0.29) is 17.3 Å². The van der Waals surface area contributed by atoms with Crippen LogP contribution in [0, 0.1) is 0 Å². The van der Waals surface area contributed by atoms with Gasteiger partial charge in [0.1, 0.15) is 35.2 Å². The maximum Gasteiger partial charge on any atom is 0.197 e. The van der Waals surface area contributed by atoms with E-state index in [1.165, 1.54) is 25.0 Å². The average molecular weight is 443 g/mol. The number of hydrogen-bond donors (Lipinski definition) is 2. The number of ketones is 1. The first-order valence-corrected chi connectivity index (χ1v) is 11.1. The molecule has 1 aliphatic heterocycles. The van der Waals surface area contributed by atoms with Crippen LogP contribution in [0.15, 0.2) is 71.1 Å². The van der Waals surface area contributed by atoms with Gasteiger partial charge in [-0.3, -0.25) is 9.69 Å². The lowest BCUT2D eigenvalue weighted by atomic mass is 9.97. The minimum atomic E-state index is -0.189. The molecule has 2 N–H and O–H groups in total. The van der Waals surface area contributed by atoms with E-state index < -0.39 is 0 Å². The van der Waals surface area contributed by atoms with Crippen molar-refractivity contribution in [3.8, 4) is 28.6 Å². The van der Waals surface area contributed by atoms with Gasteiger partial charge in [-0.25, -0.2) is 0 Å². The molecule has 1 saturated heterocycles. The van der Waals surface area contributed by atoms with Crippen molar-refractivity contribution >= 4 is 16.8 Å². The molecule has 0 amide bonds. The molecule has 0 unspecified atom stereocenters. The Labute approximate surface area is 191 Å². The highest BCUT2D eigenvalue weighted by Gasteiger charge is 2.23. The molecule has 1 aromatic heterocycles. The van der Waals surface area contributed by atoms with Gasteiger partial charge in [0.05, 0.1) is 5.56 Å². The zero-order valence-corrected chi connectivity index (χ0v) is 18.2. The van der Waals surface area contributed by atoms with E-state index in [9.17, 15) is 15.0 Å². The van der Waals surface area contributed by atoms with Crippen molar-refractivity contribution < 1.29 is 24.2 Å². The first kappa shape index (κ1) is 21.1. The maximum atomic E-state index is 13.5. The number of fused-ring (bicyclic) bond motifs is 1. The molecule has 0 aliphatic carbocycles. The van der Waals surface area contributed by atoms with Gasteiger partial charge < -0.3 is 19.4 Å². The van der Waals surface area contributed by atoms with Crippen molar-refractivity contribution in [3.63, 3.8) is 0 Å². The molecule has 3 aromatic carbocycles. The number of hydrogen-bond acceptors (Lipinski definition) is 6.